The Kier molecular flexibility index (Phi) is 4.44. The third kappa shape index (κ3) is 3.37. The zero-order valence-corrected chi connectivity index (χ0v) is 10.2. The molecule has 0 aromatic rings. The van der Waals surface area contributed by atoms with Crippen LogP contribution in [0, 0.1) is 5.41 Å². The minimum Gasteiger partial charge on any atom is -0.481 e. The highest BCUT2D eigenvalue weighted by atomic mass is 35.5. The molecule has 3 nitrogen and oxygen atoms in total. The lowest BCUT2D eigenvalue weighted by molar-refractivity contribution is -0.151. The molecule has 0 spiro atoms. The van der Waals surface area contributed by atoms with Gasteiger partial charge in [0.2, 0.25) is 0 Å². The molecule has 86 valence electrons. The first-order valence-electron chi connectivity index (χ1n) is 4.88. The van der Waals surface area contributed by atoms with Gasteiger partial charge in [-0.05, 0) is 26.3 Å². The number of aliphatic carboxylic acids is 1. The molecule has 1 unspecified atom stereocenters. The molecule has 15 heavy (non-hydrogen) atoms. The largest absolute Gasteiger partial charge is 0.481 e. The number of halogens is 2. The van der Waals surface area contributed by atoms with Crippen molar-refractivity contribution in [2.45, 2.75) is 19.8 Å². The molecule has 0 amide bonds. The van der Waals surface area contributed by atoms with E-state index in [0.29, 0.717) is 18.1 Å². The molecular formula is C10H15Cl2NO2. The number of likely N-dealkylation sites (tertiary alicyclic amines) is 1. The van der Waals surface area contributed by atoms with Gasteiger partial charge in [0, 0.05) is 23.7 Å². The first-order chi connectivity index (χ1) is 6.98. The van der Waals surface area contributed by atoms with E-state index in [1.807, 2.05) is 4.90 Å². The summed E-state index contributed by atoms with van der Waals surface area (Å²) in [6.45, 7) is 3.72. The van der Waals surface area contributed by atoms with E-state index in [1.54, 1.807) is 6.92 Å². The van der Waals surface area contributed by atoms with Crippen LogP contribution in [0.25, 0.3) is 0 Å². The molecule has 5 heteroatoms. The van der Waals surface area contributed by atoms with Crippen LogP contribution in [0.3, 0.4) is 0 Å². The number of rotatable bonds is 3. The van der Waals surface area contributed by atoms with Gasteiger partial charge in [-0.2, -0.15) is 0 Å². The van der Waals surface area contributed by atoms with Gasteiger partial charge in [0.05, 0.1) is 5.41 Å². The molecule has 1 aliphatic rings. The van der Waals surface area contributed by atoms with Gasteiger partial charge < -0.3 is 5.11 Å². The highest BCUT2D eigenvalue weighted by Crippen LogP contribution is 2.30. The van der Waals surface area contributed by atoms with E-state index < -0.39 is 11.4 Å². The van der Waals surface area contributed by atoms with Crippen LogP contribution < -0.4 is 0 Å². The molecule has 0 saturated carbocycles. The van der Waals surface area contributed by atoms with Crippen molar-refractivity contribution in [2.75, 3.05) is 19.6 Å². The van der Waals surface area contributed by atoms with E-state index in [1.165, 1.54) is 5.54 Å². The van der Waals surface area contributed by atoms with Crippen molar-refractivity contribution in [1.29, 1.82) is 0 Å². The monoisotopic (exact) mass is 251 g/mol. The van der Waals surface area contributed by atoms with E-state index in [9.17, 15) is 4.79 Å². The van der Waals surface area contributed by atoms with Crippen LogP contribution in [0.4, 0.5) is 0 Å². The number of carbonyl (C=O) groups is 1. The number of hydrogen-bond acceptors (Lipinski definition) is 2. The Bertz CT molecular complexity index is 281. The third-order valence-electron chi connectivity index (χ3n) is 2.78. The minimum atomic E-state index is -0.738. The summed E-state index contributed by atoms with van der Waals surface area (Å²) in [6.07, 6.45) is 1.61. The number of carboxylic acids is 1. The van der Waals surface area contributed by atoms with Crippen LogP contribution in [0.5, 0.6) is 0 Å². The van der Waals surface area contributed by atoms with Crippen LogP contribution in [0.2, 0.25) is 0 Å². The molecule has 1 aliphatic heterocycles. The zero-order valence-electron chi connectivity index (χ0n) is 8.67. The van der Waals surface area contributed by atoms with Gasteiger partial charge in [0.25, 0.3) is 0 Å². The summed E-state index contributed by atoms with van der Waals surface area (Å²) in [5.74, 6) is -0.738. The van der Waals surface area contributed by atoms with Gasteiger partial charge in [-0.1, -0.05) is 23.2 Å². The Morgan fingerprint density at radius 1 is 1.67 bits per heavy atom. The van der Waals surface area contributed by atoms with Gasteiger partial charge in [-0.25, -0.2) is 0 Å². The standard InChI is InChI=1S/C10H15Cl2NO2/c1-10(9(14)15)3-2-4-13(7-10)6-8(12)5-11/h5H,2-4,6-7H2,1H3,(H,14,15). The maximum atomic E-state index is 11.1. The molecule has 1 rings (SSSR count). The van der Waals surface area contributed by atoms with E-state index in [2.05, 4.69) is 0 Å². The van der Waals surface area contributed by atoms with Gasteiger partial charge in [0.1, 0.15) is 0 Å². The predicted molar refractivity (Wildman–Crippen MR) is 61.2 cm³/mol. The second kappa shape index (κ2) is 5.19. The van der Waals surface area contributed by atoms with Crippen LogP contribution in [0.1, 0.15) is 19.8 Å². The highest BCUT2D eigenvalue weighted by Gasteiger charge is 2.37. The topological polar surface area (TPSA) is 40.5 Å². The van der Waals surface area contributed by atoms with Crippen LogP contribution in [-0.4, -0.2) is 35.6 Å². The summed E-state index contributed by atoms with van der Waals surface area (Å²) in [4.78, 5) is 13.1. The lowest BCUT2D eigenvalue weighted by atomic mass is 9.82. The fourth-order valence-corrected chi connectivity index (χ4v) is 2.14. The van der Waals surface area contributed by atoms with Crippen LogP contribution in [0.15, 0.2) is 10.6 Å². The van der Waals surface area contributed by atoms with Crippen molar-refractivity contribution in [1.82, 2.24) is 4.90 Å². The van der Waals surface area contributed by atoms with Gasteiger partial charge >= 0.3 is 5.97 Å². The molecule has 0 aromatic carbocycles. The Morgan fingerprint density at radius 2 is 2.33 bits per heavy atom. The number of carboxylic acid groups (broad SMARTS) is 1. The fourth-order valence-electron chi connectivity index (χ4n) is 1.90. The summed E-state index contributed by atoms with van der Waals surface area (Å²) >= 11 is 11.3. The van der Waals surface area contributed by atoms with Crippen molar-refractivity contribution in [3.8, 4) is 0 Å². The zero-order chi connectivity index (χ0) is 11.5. The lowest BCUT2D eigenvalue weighted by Crippen LogP contribution is -2.46. The average Bonchev–Trinajstić information content (AvgIpc) is 2.17. The van der Waals surface area contributed by atoms with Crippen molar-refractivity contribution in [3.05, 3.63) is 10.6 Å². The molecule has 0 aromatic heterocycles. The van der Waals surface area contributed by atoms with E-state index in [0.717, 1.165) is 19.4 Å². The summed E-state index contributed by atoms with van der Waals surface area (Å²) in [5.41, 5.74) is 0.677. The highest BCUT2D eigenvalue weighted by molar-refractivity contribution is 6.36. The van der Waals surface area contributed by atoms with Crippen molar-refractivity contribution in [3.63, 3.8) is 0 Å². The first-order valence-corrected chi connectivity index (χ1v) is 5.70. The first kappa shape index (κ1) is 12.8. The smallest absolute Gasteiger partial charge is 0.310 e. The molecule has 1 atom stereocenters. The lowest BCUT2D eigenvalue weighted by Gasteiger charge is -2.37. The summed E-state index contributed by atoms with van der Waals surface area (Å²) in [6, 6.07) is 0. The molecule has 1 heterocycles. The quantitative estimate of drug-likeness (QED) is 0.838. The van der Waals surface area contributed by atoms with Gasteiger partial charge in [0.15, 0.2) is 0 Å². The van der Waals surface area contributed by atoms with Crippen molar-refractivity contribution in [2.24, 2.45) is 5.41 Å². The predicted octanol–water partition coefficient (Wildman–Crippen LogP) is 2.49. The Hall–Kier alpha value is -0.250. The average molecular weight is 252 g/mol. The molecule has 0 radical (unpaired) electrons. The van der Waals surface area contributed by atoms with E-state index in [-0.39, 0.29) is 0 Å². The second-order valence-electron chi connectivity index (χ2n) is 4.24. The molecule has 0 aliphatic carbocycles. The molecule has 0 bridgehead atoms. The van der Waals surface area contributed by atoms with Crippen LogP contribution >= 0.6 is 23.2 Å². The van der Waals surface area contributed by atoms with Gasteiger partial charge in [-0.15, -0.1) is 0 Å². The number of hydrogen-bond donors (Lipinski definition) is 1. The fraction of sp³-hybridized carbons (Fsp3) is 0.700. The van der Waals surface area contributed by atoms with Crippen LogP contribution in [-0.2, 0) is 4.79 Å². The molecule has 1 saturated heterocycles. The SMILES string of the molecule is CC1(C(=O)O)CCCN(CC(Cl)=CCl)C1. The summed E-state index contributed by atoms with van der Waals surface area (Å²) in [5, 5.41) is 9.65. The Morgan fingerprint density at radius 3 is 2.87 bits per heavy atom. The summed E-state index contributed by atoms with van der Waals surface area (Å²) in [7, 11) is 0. The minimum absolute atomic E-state index is 0.531. The Balaban J connectivity index is 2.60. The summed E-state index contributed by atoms with van der Waals surface area (Å²) < 4.78 is 0. The number of nitrogens with zero attached hydrogens (tertiary/aromatic N) is 1. The van der Waals surface area contributed by atoms with E-state index in [4.69, 9.17) is 28.3 Å². The Labute approximate surface area is 99.7 Å². The van der Waals surface area contributed by atoms with Gasteiger partial charge in [-0.3, -0.25) is 9.69 Å². The second-order valence-corrected chi connectivity index (χ2v) is 4.94. The maximum Gasteiger partial charge on any atom is 0.310 e. The number of piperidine rings is 1. The van der Waals surface area contributed by atoms with E-state index >= 15 is 0 Å². The maximum absolute atomic E-state index is 11.1. The van der Waals surface area contributed by atoms with Crippen molar-refractivity contribution < 1.29 is 9.90 Å². The molecule has 1 fully saturated rings. The van der Waals surface area contributed by atoms with Crippen molar-refractivity contribution >= 4 is 29.2 Å². The third-order valence-corrected chi connectivity index (χ3v) is 3.39. The normalized spacial score (nSPS) is 29.1. The molecule has 1 N–H and O–H groups in total. The molecular weight excluding hydrogens is 237 g/mol.